The van der Waals surface area contributed by atoms with Gasteiger partial charge < -0.3 is 31.1 Å². The van der Waals surface area contributed by atoms with E-state index in [1.807, 2.05) is 13.0 Å². The van der Waals surface area contributed by atoms with E-state index in [0.29, 0.717) is 6.42 Å². The number of hydrogen-bond donors (Lipinski definition) is 4. The lowest BCUT2D eigenvalue weighted by atomic mass is 10.00. The van der Waals surface area contributed by atoms with Gasteiger partial charge in [0.2, 0.25) is 17.7 Å². The second kappa shape index (κ2) is 13.9. The van der Waals surface area contributed by atoms with Gasteiger partial charge in [-0.05, 0) is 46.6 Å². The number of nitrogens with one attached hydrogen (secondary N) is 2. The van der Waals surface area contributed by atoms with E-state index in [1.165, 1.54) is 12.1 Å². The van der Waals surface area contributed by atoms with E-state index >= 15 is 0 Å². The van der Waals surface area contributed by atoms with Crippen LogP contribution in [0.1, 0.15) is 71.9 Å². The molecule has 1 aromatic rings. The molecule has 0 aromatic heterocycles. The molecular weight excluding hydrogens is 466 g/mol. The molecule has 0 aliphatic heterocycles. The molecule has 0 aliphatic carbocycles. The number of rotatable bonds is 12. The van der Waals surface area contributed by atoms with Crippen molar-refractivity contribution in [2.75, 3.05) is 6.54 Å². The summed E-state index contributed by atoms with van der Waals surface area (Å²) in [7, 11) is 0. The van der Waals surface area contributed by atoms with Crippen LogP contribution in [0, 0.1) is 11.3 Å². The lowest BCUT2D eigenvalue weighted by Crippen LogP contribution is -2.54. The zero-order valence-electron chi connectivity index (χ0n) is 21.5. The molecule has 198 valence electrons. The molecule has 3 atom stereocenters. The molecule has 0 saturated heterocycles. The maximum absolute atomic E-state index is 13.7. The first-order chi connectivity index (χ1) is 16.8. The molecule has 36 heavy (non-hydrogen) atoms. The summed E-state index contributed by atoms with van der Waals surface area (Å²) in [5.41, 5.74) is 4.50. The summed E-state index contributed by atoms with van der Waals surface area (Å²) in [5, 5.41) is 25.3. The molecule has 0 saturated carbocycles. The number of hydrogen-bond acceptors (Lipinski definition) is 7. The predicted molar refractivity (Wildman–Crippen MR) is 132 cm³/mol. The summed E-state index contributed by atoms with van der Waals surface area (Å²) < 4.78 is 5.23. The fourth-order valence-corrected chi connectivity index (χ4v) is 3.56. The second-order valence-electron chi connectivity index (χ2n) is 9.49. The van der Waals surface area contributed by atoms with Crippen LogP contribution in [-0.2, 0) is 19.1 Å². The van der Waals surface area contributed by atoms with Gasteiger partial charge in [0.1, 0.15) is 30.0 Å². The topological polar surface area (TPSA) is 175 Å². The van der Waals surface area contributed by atoms with Gasteiger partial charge in [-0.25, -0.2) is 4.79 Å². The Morgan fingerprint density at radius 2 is 1.81 bits per heavy atom. The van der Waals surface area contributed by atoms with Crippen molar-refractivity contribution in [1.82, 2.24) is 15.5 Å². The average molecular weight is 504 g/mol. The molecule has 0 heterocycles. The van der Waals surface area contributed by atoms with Crippen LogP contribution in [0.4, 0.5) is 4.79 Å². The van der Waals surface area contributed by atoms with Crippen molar-refractivity contribution in [3.63, 3.8) is 0 Å². The van der Waals surface area contributed by atoms with Crippen LogP contribution in [0.3, 0.4) is 0 Å². The first-order valence-corrected chi connectivity index (χ1v) is 11.8. The quantitative estimate of drug-likeness (QED) is 0.316. The van der Waals surface area contributed by atoms with E-state index in [1.54, 1.807) is 39.8 Å². The number of amides is 4. The zero-order valence-corrected chi connectivity index (χ0v) is 21.5. The Morgan fingerprint density at radius 1 is 1.17 bits per heavy atom. The van der Waals surface area contributed by atoms with Crippen molar-refractivity contribution in [2.45, 2.75) is 84.0 Å². The normalized spacial score (nSPS) is 13.4. The Morgan fingerprint density at radius 3 is 2.33 bits per heavy atom. The molecule has 11 nitrogen and oxygen atoms in total. The van der Waals surface area contributed by atoms with E-state index in [2.05, 4.69) is 10.6 Å². The van der Waals surface area contributed by atoms with Crippen molar-refractivity contribution in [3.05, 3.63) is 29.8 Å². The molecular formula is C25H37N5O6. The van der Waals surface area contributed by atoms with Gasteiger partial charge in [-0.3, -0.25) is 14.4 Å². The van der Waals surface area contributed by atoms with E-state index in [-0.39, 0.29) is 30.2 Å². The minimum Gasteiger partial charge on any atom is -0.508 e. The van der Waals surface area contributed by atoms with E-state index in [0.717, 1.165) is 11.3 Å². The highest BCUT2D eigenvalue weighted by Crippen LogP contribution is 2.30. The van der Waals surface area contributed by atoms with Gasteiger partial charge in [-0.15, -0.1) is 0 Å². The molecule has 0 spiro atoms. The molecule has 1 aromatic carbocycles. The van der Waals surface area contributed by atoms with Crippen LogP contribution in [0.2, 0.25) is 0 Å². The van der Waals surface area contributed by atoms with Gasteiger partial charge >= 0.3 is 6.09 Å². The number of nitriles is 1. The molecule has 5 N–H and O–H groups in total. The molecule has 3 unspecified atom stereocenters. The average Bonchev–Trinajstić information content (AvgIpc) is 2.75. The van der Waals surface area contributed by atoms with E-state index in [9.17, 15) is 29.5 Å². The predicted octanol–water partition coefficient (Wildman–Crippen LogP) is 2.25. The van der Waals surface area contributed by atoms with Gasteiger partial charge in [0.25, 0.3) is 0 Å². The summed E-state index contributed by atoms with van der Waals surface area (Å²) in [6.07, 6.45) is 0.137. The number of para-hydroxylation sites is 1. The van der Waals surface area contributed by atoms with Crippen LogP contribution in [0.5, 0.6) is 5.75 Å². The number of aromatic hydroxyl groups is 1. The Kier molecular flexibility index (Phi) is 11.7. The Balaban J connectivity index is 3.47. The number of ether oxygens (including phenoxy) is 1. The summed E-state index contributed by atoms with van der Waals surface area (Å²) in [6.45, 7) is 8.16. The highest BCUT2D eigenvalue weighted by molar-refractivity contribution is 5.93. The fourth-order valence-electron chi connectivity index (χ4n) is 3.56. The van der Waals surface area contributed by atoms with E-state index in [4.69, 9.17) is 10.5 Å². The minimum absolute atomic E-state index is 0.105. The molecule has 4 amide bonds. The number of benzene rings is 1. The second-order valence-corrected chi connectivity index (χ2v) is 9.49. The third-order valence-corrected chi connectivity index (χ3v) is 5.09. The molecule has 1 rings (SSSR count). The smallest absolute Gasteiger partial charge is 0.408 e. The van der Waals surface area contributed by atoms with Gasteiger partial charge in [0, 0.05) is 18.0 Å². The highest BCUT2D eigenvalue weighted by Gasteiger charge is 2.37. The van der Waals surface area contributed by atoms with Crippen molar-refractivity contribution in [3.8, 4) is 11.8 Å². The Bertz CT molecular complexity index is 968. The third-order valence-electron chi connectivity index (χ3n) is 5.09. The highest BCUT2D eigenvalue weighted by atomic mass is 16.6. The molecule has 11 heteroatoms. The maximum atomic E-state index is 13.7. The van der Waals surface area contributed by atoms with Gasteiger partial charge in [0.05, 0.1) is 6.07 Å². The molecule has 0 bridgehead atoms. The monoisotopic (exact) mass is 503 g/mol. The van der Waals surface area contributed by atoms with Crippen molar-refractivity contribution in [1.29, 1.82) is 5.26 Å². The van der Waals surface area contributed by atoms with Gasteiger partial charge in [-0.1, -0.05) is 31.5 Å². The van der Waals surface area contributed by atoms with Crippen LogP contribution >= 0.6 is 0 Å². The number of carbonyl (C=O) groups excluding carboxylic acids is 4. The van der Waals surface area contributed by atoms with Gasteiger partial charge in [0.15, 0.2) is 0 Å². The number of alkyl carbamates (subject to hydrolysis) is 1. The van der Waals surface area contributed by atoms with Crippen LogP contribution < -0.4 is 16.4 Å². The molecule has 0 fully saturated rings. The Hall–Kier alpha value is -3.81. The van der Waals surface area contributed by atoms with Crippen molar-refractivity contribution >= 4 is 23.8 Å². The largest absolute Gasteiger partial charge is 0.508 e. The summed E-state index contributed by atoms with van der Waals surface area (Å²) in [5.74, 6) is -2.36. The fraction of sp³-hybridized carbons (Fsp3) is 0.560. The van der Waals surface area contributed by atoms with Crippen LogP contribution in [-0.4, -0.2) is 58.1 Å². The lowest BCUT2D eigenvalue weighted by Gasteiger charge is -2.33. The number of phenolic OH excluding ortho intramolecular Hbond substituents is 1. The Labute approximate surface area is 212 Å². The minimum atomic E-state index is -1.38. The van der Waals surface area contributed by atoms with Crippen LogP contribution in [0.15, 0.2) is 24.3 Å². The van der Waals surface area contributed by atoms with E-state index < -0.39 is 48.0 Å². The number of nitrogens with two attached hydrogens (primary N) is 1. The summed E-state index contributed by atoms with van der Waals surface area (Å²) in [4.78, 5) is 51.9. The first-order valence-electron chi connectivity index (χ1n) is 11.8. The molecule has 0 aliphatic rings. The number of primary amides is 1. The first kappa shape index (κ1) is 30.2. The standard InChI is InChI=1S/C25H37N5O6/c1-6-9-16(2)28-22(33)21(17-10-7-8-11-19(17)31)30(15-14-26)23(34)18(12-13-20(27)32)29-24(35)36-25(3,4)5/h7-8,10-11,16,18,21,31H,6,9,12-13,15H2,1-5H3,(H2,27,32)(H,28,33)(H,29,35). The van der Waals surface area contributed by atoms with Gasteiger partial charge in [-0.2, -0.15) is 5.26 Å². The molecule has 0 radical (unpaired) electrons. The summed E-state index contributed by atoms with van der Waals surface area (Å²) >= 11 is 0. The number of phenols is 1. The van der Waals surface area contributed by atoms with Crippen molar-refractivity contribution in [2.24, 2.45) is 5.73 Å². The zero-order chi connectivity index (χ0) is 27.5. The third kappa shape index (κ3) is 9.82. The summed E-state index contributed by atoms with van der Waals surface area (Å²) in [6, 6.07) is 4.91. The number of nitrogens with zero attached hydrogens (tertiary/aromatic N) is 2. The maximum Gasteiger partial charge on any atom is 0.408 e. The van der Waals surface area contributed by atoms with Crippen LogP contribution in [0.25, 0.3) is 0 Å². The lowest BCUT2D eigenvalue weighted by molar-refractivity contribution is -0.142. The number of carbonyl (C=O) groups is 4. The SMILES string of the molecule is CCCC(C)NC(=O)C(c1ccccc1O)N(CC#N)C(=O)C(CCC(N)=O)NC(=O)OC(C)(C)C. The van der Waals surface area contributed by atoms with Crippen molar-refractivity contribution < 1.29 is 29.0 Å².